The highest BCUT2D eigenvalue weighted by atomic mass is 19.1. The average molecular weight is 459 g/mol. The molecule has 2 aromatic carbocycles. The molecule has 0 nitrogen and oxygen atoms in total. The quantitative estimate of drug-likeness (QED) is 0.287. The first-order chi connectivity index (χ1) is 16.6. The molecule has 0 bridgehead atoms. The van der Waals surface area contributed by atoms with Crippen molar-refractivity contribution >= 4 is 0 Å². The molecule has 0 heterocycles. The topological polar surface area (TPSA) is 0 Å². The zero-order valence-corrected chi connectivity index (χ0v) is 20.2. The van der Waals surface area contributed by atoms with Gasteiger partial charge in [-0.05, 0) is 111 Å². The molecule has 0 radical (unpaired) electrons. The molecule has 2 aliphatic carbocycles. The fraction of sp³-hybridized carbons (Fsp3) is 0.438. The molecule has 0 aromatic heterocycles. The highest BCUT2D eigenvalue weighted by Crippen LogP contribution is 2.48. The van der Waals surface area contributed by atoms with Gasteiger partial charge in [0.2, 0.25) is 0 Å². The monoisotopic (exact) mass is 458 g/mol. The van der Waals surface area contributed by atoms with Crippen LogP contribution in [-0.2, 0) is 6.42 Å². The molecule has 2 aromatic rings. The Labute approximate surface area is 204 Å². The fourth-order valence-electron chi connectivity index (χ4n) is 6.05. The van der Waals surface area contributed by atoms with Gasteiger partial charge in [0.25, 0.3) is 0 Å². The van der Waals surface area contributed by atoms with E-state index in [0.29, 0.717) is 24.3 Å². The Bertz CT molecular complexity index is 1030. The molecule has 0 amide bonds. The maximum atomic E-state index is 14.3. The molecule has 0 N–H and O–H groups in total. The molecule has 4 rings (SSSR count). The summed E-state index contributed by atoms with van der Waals surface area (Å²) in [5.74, 6) is 8.25. The molecule has 4 atom stereocenters. The summed E-state index contributed by atoms with van der Waals surface area (Å²) in [5.41, 5.74) is 2.75. The van der Waals surface area contributed by atoms with E-state index in [1.165, 1.54) is 62.6 Å². The van der Waals surface area contributed by atoms with Crippen molar-refractivity contribution in [2.75, 3.05) is 0 Å². The van der Waals surface area contributed by atoms with E-state index in [4.69, 9.17) is 0 Å². The Balaban J connectivity index is 1.36. The lowest BCUT2D eigenvalue weighted by Gasteiger charge is -2.42. The van der Waals surface area contributed by atoms with Gasteiger partial charge in [0, 0.05) is 16.7 Å². The lowest BCUT2D eigenvalue weighted by atomic mass is 9.63. The summed E-state index contributed by atoms with van der Waals surface area (Å²) in [6.45, 7) is 7.49. The highest BCUT2D eigenvalue weighted by Gasteiger charge is 2.35. The predicted octanol–water partition coefficient (Wildman–Crippen LogP) is 8.75. The molecular weight excluding hydrogens is 422 g/mol. The molecule has 2 saturated carbocycles. The predicted molar refractivity (Wildman–Crippen MR) is 138 cm³/mol. The highest BCUT2D eigenvalue weighted by molar-refractivity contribution is 5.45. The minimum Gasteiger partial charge on any atom is -0.207 e. The minimum atomic E-state index is -0.535. The van der Waals surface area contributed by atoms with E-state index >= 15 is 0 Å². The number of fused-ring (bicyclic) bond motifs is 1. The van der Waals surface area contributed by atoms with E-state index in [9.17, 15) is 8.78 Å². The lowest BCUT2D eigenvalue weighted by molar-refractivity contribution is 0.115. The molecule has 4 unspecified atom stereocenters. The second-order valence-electron chi connectivity index (χ2n) is 10.2. The Morgan fingerprint density at radius 1 is 0.794 bits per heavy atom. The van der Waals surface area contributed by atoms with Gasteiger partial charge < -0.3 is 0 Å². The van der Waals surface area contributed by atoms with Crippen molar-refractivity contribution in [1.82, 2.24) is 0 Å². The SMILES string of the molecule is C=CCCc1c(F)cc(C#Cc2ccc(C3CCC4CC(CCC=C)CCC4C3)cc2)cc1F. The van der Waals surface area contributed by atoms with Gasteiger partial charge in [0.05, 0.1) is 0 Å². The summed E-state index contributed by atoms with van der Waals surface area (Å²) in [7, 11) is 0. The second kappa shape index (κ2) is 11.7. The van der Waals surface area contributed by atoms with Gasteiger partial charge in [-0.1, -0.05) is 42.5 Å². The molecule has 0 saturated heterocycles. The molecule has 178 valence electrons. The van der Waals surface area contributed by atoms with Crippen LogP contribution in [0.3, 0.4) is 0 Å². The van der Waals surface area contributed by atoms with E-state index in [2.05, 4.69) is 43.2 Å². The standard InChI is InChI=1S/C32H36F2/c1-3-5-7-24-13-16-29-22-28(18-17-27(29)19-24)26-14-11-23(12-15-26)9-10-25-20-31(33)30(8-6-4-2)32(34)21-25/h3-4,11-12,14-15,20-21,24,27-29H,1-2,5-8,13,16-19,22H2. The van der Waals surface area contributed by atoms with Crippen LogP contribution in [0.25, 0.3) is 0 Å². The summed E-state index contributed by atoms with van der Waals surface area (Å²) in [6, 6.07) is 11.1. The van der Waals surface area contributed by atoms with Crippen molar-refractivity contribution in [2.24, 2.45) is 17.8 Å². The third-order valence-electron chi connectivity index (χ3n) is 7.97. The van der Waals surface area contributed by atoms with Crippen LogP contribution in [0, 0.1) is 41.2 Å². The molecule has 2 aliphatic rings. The minimum absolute atomic E-state index is 0.106. The summed E-state index contributed by atoms with van der Waals surface area (Å²) < 4.78 is 28.5. The lowest BCUT2D eigenvalue weighted by Crippen LogP contribution is -2.30. The van der Waals surface area contributed by atoms with E-state index in [0.717, 1.165) is 29.7 Å². The average Bonchev–Trinajstić information content (AvgIpc) is 2.85. The van der Waals surface area contributed by atoms with Crippen LogP contribution in [0.15, 0.2) is 61.7 Å². The third kappa shape index (κ3) is 6.06. The Hall–Kier alpha value is -2.66. The van der Waals surface area contributed by atoms with Crippen molar-refractivity contribution in [3.05, 3.63) is 95.6 Å². The normalized spacial score (nSPS) is 23.9. The molecule has 0 spiro atoms. The zero-order valence-electron chi connectivity index (χ0n) is 20.2. The van der Waals surface area contributed by atoms with Crippen LogP contribution in [0.5, 0.6) is 0 Å². The molecular formula is C32H36F2. The number of hydrogen-bond donors (Lipinski definition) is 0. The smallest absolute Gasteiger partial charge is 0.130 e. The third-order valence-corrected chi connectivity index (χ3v) is 7.97. The summed E-state index contributed by atoms with van der Waals surface area (Å²) in [6.07, 6.45) is 15.2. The number of rotatable bonds is 7. The summed E-state index contributed by atoms with van der Waals surface area (Å²) >= 11 is 0. The summed E-state index contributed by atoms with van der Waals surface area (Å²) in [4.78, 5) is 0. The van der Waals surface area contributed by atoms with Gasteiger partial charge in [-0.25, -0.2) is 8.78 Å². The van der Waals surface area contributed by atoms with E-state index in [1.807, 2.05) is 12.1 Å². The van der Waals surface area contributed by atoms with E-state index in [1.54, 1.807) is 6.08 Å². The van der Waals surface area contributed by atoms with Crippen molar-refractivity contribution in [1.29, 1.82) is 0 Å². The number of allylic oxidation sites excluding steroid dienone is 2. The largest absolute Gasteiger partial charge is 0.207 e. The number of benzene rings is 2. The Morgan fingerprint density at radius 2 is 1.44 bits per heavy atom. The zero-order chi connectivity index (χ0) is 23.9. The molecule has 34 heavy (non-hydrogen) atoms. The maximum Gasteiger partial charge on any atom is 0.130 e. The van der Waals surface area contributed by atoms with Crippen LogP contribution in [0.1, 0.15) is 86.0 Å². The van der Waals surface area contributed by atoms with Gasteiger partial charge in [-0.15, -0.1) is 13.2 Å². The van der Waals surface area contributed by atoms with Gasteiger partial charge >= 0.3 is 0 Å². The first-order valence-corrected chi connectivity index (χ1v) is 12.9. The van der Waals surface area contributed by atoms with Crippen LogP contribution in [0.4, 0.5) is 8.78 Å². The van der Waals surface area contributed by atoms with Crippen LogP contribution in [-0.4, -0.2) is 0 Å². The molecule has 2 fully saturated rings. The number of halogens is 2. The Kier molecular flexibility index (Phi) is 8.39. The van der Waals surface area contributed by atoms with Crippen LogP contribution in [0.2, 0.25) is 0 Å². The first kappa shape index (κ1) is 24.5. The van der Waals surface area contributed by atoms with Gasteiger partial charge in [-0.3, -0.25) is 0 Å². The van der Waals surface area contributed by atoms with Crippen molar-refractivity contribution in [3.63, 3.8) is 0 Å². The van der Waals surface area contributed by atoms with Crippen molar-refractivity contribution in [2.45, 2.75) is 70.1 Å². The second-order valence-corrected chi connectivity index (χ2v) is 10.2. The van der Waals surface area contributed by atoms with E-state index < -0.39 is 11.6 Å². The van der Waals surface area contributed by atoms with Gasteiger partial charge in [-0.2, -0.15) is 0 Å². The Morgan fingerprint density at radius 3 is 2.15 bits per heavy atom. The van der Waals surface area contributed by atoms with Gasteiger partial charge in [0.1, 0.15) is 11.6 Å². The fourth-order valence-corrected chi connectivity index (χ4v) is 6.05. The number of hydrogen-bond acceptors (Lipinski definition) is 0. The maximum absolute atomic E-state index is 14.3. The van der Waals surface area contributed by atoms with E-state index in [-0.39, 0.29) is 5.56 Å². The molecule has 0 aliphatic heterocycles. The van der Waals surface area contributed by atoms with Crippen molar-refractivity contribution < 1.29 is 8.78 Å². The summed E-state index contributed by atoms with van der Waals surface area (Å²) in [5, 5.41) is 0. The first-order valence-electron chi connectivity index (χ1n) is 12.9. The van der Waals surface area contributed by atoms with Crippen LogP contribution < -0.4 is 0 Å². The van der Waals surface area contributed by atoms with Crippen LogP contribution >= 0.6 is 0 Å². The van der Waals surface area contributed by atoms with Crippen molar-refractivity contribution in [3.8, 4) is 11.8 Å². The molecule has 2 heteroatoms. The van der Waals surface area contributed by atoms with Gasteiger partial charge in [0.15, 0.2) is 0 Å².